The maximum absolute atomic E-state index is 6.21. The van der Waals surface area contributed by atoms with Crippen LogP contribution < -0.4 is 11.3 Å². The first-order valence-electron chi connectivity index (χ1n) is 5.43. The molecule has 1 aliphatic rings. The number of hydrazine groups is 1. The Morgan fingerprint density at radius 2 is 2.27 bits per heavy atom. The van der Waals surface area contributed by atoms with Crippen LogP contribution in [0.15, 0.2) is 18.2 Å². The topological polar surface area (TPSA) is 38.0 Å². The molecular weight excluding hydrogens is 208 g/mol. The van der Waals surface area contributed by atoms with Crippen LogP contribution in [-0.4, -0.2) is 0 Å². The van der Waals surface area contributed by atoms with E-state index < -0.39 is 0 Å². The Morgan fingerprint density at radius 1 is 1.53 bits per heavy atom. The Hall–Kier alpha value is -0.570. The van der Waals surface area contributed by atoms with Gasteiger partial charge in [0.05, 0.1) is 0 Å². The van der Waals surface area contributed by atoms with E-state index >= 15 is 0 Å². The molecule has 0 saturated heterocycles. The molecule has 1 aromatic carbocycles. The number of halogens is 1. The van der Waals surface area contributed by atoms with Crippen LogP contribution in [0.1, 0.15) is 36.4 Å². The molecule has 0 spiro atoms. The van der Waals surface area contributed by atoms with Gasteiger partial charge in [-0.25, -0.2) is 0 Å². The SMILES string of the molecule is Cc1ccc(C(CC2CC2)NN)c(Cl)c1. The van der Waals surface area contributed by atoms with Crippen molar-refractivity contribution in [3.8, 4) is 0 Å². The van der Waals surface area contributed by atoms with Crippen molar-refractivity contribution >= 4 is 11.6 Å². The zero-order valence-electron chi connectivity index (χ0n) is 8.96. The van der Waals surface area contributed by atoms with Gasteiger partial charge >= 0.3 is 0 Å². The fraction of sp³-hybridized carbons (Fsp3) is 0.500. The predicted octanol–water partition coefficient (Wildman–Crippen LogP) is 2.95. The summed E-state index contributed by atoms with van der Waals surface area (Å²) in [6, 6.07) is 6.35. The first-order valence-corrected chi connectivity index (χ1v) is 5.80. The lowest BCUT2D eigenvalue weighted by atomic mass is 10.0. The number of rotatable bonds is 4. The smallest absolute Gasteiger partial charge is 0.0477 e. The maximum atomic E-state index is 6.21. The summed E-state index contributed by atoms with van der Waals surface area (Å²) in [5.41, 5.74) is 5.17. The molecule has 2 nitrogen and oxygen atoms in total. The van der Waals surface area contributed by atoms with Gasteiger partial charge in [-0.1, -0.05) is 36.6 Å². The number of aryl methyl sites for hydroxylation is 1. The third-order valence-corrected chi connectivity index (χ3v) is 3.33. The third kappa shape index (κ3) is 2.71. The van der Waals surface area contributed by atoms with Crippen molar-refractivity contribution in [1.82, 2.24) is 5.43 Å². The van der Waals surface area contributed by atoms with Crippen molar-refractivity contribution in [2.75, 3.05) is 0 Å². The number of hydrogen-bond donors (Lipinski definition) is 2. The molecule has 1 atom stereocenters. The summed E-state index contributed by atoms with van der Waals surface area (Å²) >= 11 is 6.21. The Balaban J connectivity index is 2.16. The minimum atomic E-state index is 0.200. The molecule has 3 N–H and O–H groups in total. The number of nitrogens with one attached hydrogen (secondary N) is 1. The summed E-state index contributed by atoms with van der Waals surface area (Å²) in [6.07, 6.45) is 3.77. The fourth-order valence-electron chi connectivity index (χ4n) is 1.89. The number of benzene rings is 1. The van der Waals surface area contributed by atoms with Gasteiger partial charge in [-0.15, -0.1) is 0 Å². The third-order valence-electron chi connectivity index (χ3n) is 3.00. The number of nitrogens with two attached hydrogens (primary N) is 1. The van der Waals surface area contributed by atoms with Crippen molar-refractivity contribution < 1.29 is 0 Å². The highest BCUT2D eigenvalue weighted by atomic mass is 35.5. The lowest BCUT2D eigenvalue weighted by Crippen LogP contribution is -2.28. The van der Waals surface area contributed by atoms with E-state index in [9.17, 15) is 0 Å². The van der Waals surface area contributed by atoms with Crippen LogP contribution in [0.4, 0.5) is 0 Å². The molecule has 1 aliphatic carbocycles. The molecule has 3 heteroatoms. The summed E-state index contributed by atoms with van der Waals surface area (Å²) < 4.78 is 0. The molecule has 82 valence electrons. The van der Waals surface area contributed by atoms with Gasteiger partial charge in [0.2, 0.25) is 0 Å². The second-order valence-corrected chi connectivity index (χ2v) is 4.83. The minimum absolute atomic E-state index is 0.200. The average Bonchev–Trinajstić information content (AvgIpc) is 2.99. The predicted molar refractivity (Wildman–Crippen MR) is 63.6 cm³/mol. The Kier molecular flexibility index (Phi) is 3.29. The van der Waals surface area contributed by atoms with E-state index in [2.05, 4.69) is 17.6 Å². The molecular formula is C12H17ClN2. The molecule has 0 aliphatic heterocycles. The van der Waals surface area contributed by atoms with Gasteiger partial charge in [-0.3, -0.25) is 11.3 Å². The fourth-order valence-corrected chi connectivity index (χ4v) is 2.25. The Bertz CT molecular complexity index is 347. The van der Waals surface area contributed by atoms with Crippen molar-refractivity contribution in [3.05, 3.63) is 34.3 Å². The second-order valence-electron chi connectivity index (χ2n) is 4.42. The maximum Gasteiger partial charge on any atom is 0.0477 e. The molecule has 0 aromatic heterocycles. The van der Waals surface area contributed by atoms with E-state index in [1.165, 1.54) is 18.4 Å². The lowest BCUT2D eigenvalue weighted by molar-refractivity contribution is 0.487. The molecule has 0 radical (unpaired) electrons. The average molecular weight is 225 g/mol. The first kappa shape index (κ1) is 10.9. The van der Waals surface area contributed by atoms with Crippen LogP contribution in [0.3, 0.4) is 0 Å². The molecule has 0 amide bonds. The second kappa shape index (κ2) is 4.52. The summed E-state index contributed by atoms with van der Waals surface area (Å²) in [6.45, 7) is 2.04. The quantitative estimate of drug-likeness (QED) is 0.610. The molecule has 0 bridgehead atoms. The standard InChI is InChI=1S/C12H17ClN2/c1-8-2-5-10(11(13)6-8)12(15-14)7-9-3-4-9/h2,5-6,9,12,15H,3-4,7,14H2,1H3. The molecule has 1 saturated carbocycles. The van der Waals surface area contributed by atoms with Crippen molar-refractivity contribution in [3.63, 3.8) is 0 Å². The largest absolute Gasteiger partial charge is 0.271 e. The molecule has 1 fully saturated rings. The summed E-state index contributed by atoms with van der Waals surface area (Å²) in [7, 11) is 0. The molecule has 15 heavy (non-hydrogen) atoms. The minimum Gasteiger partial charge on any atom is -0.271 e. The van der Waals surface area contributed by atoms with Crippen LogP contribution in [0.5, 0.6) is 0 Å². The summed E-state index contributed by atoms with van der Waals surface area (Å²) in [5, 5.41) is 0.818. The highest BCUT2D eigenvalue weighted by Gasteiger charge is 2.26. The molecule has 2 rings (SSSR count). The van der Waals surface area contributed by atoms with E-state index in [4.69, 9.17) is 17.4 Å². The van der Waals surface area contributed by atoms with Gasteiger partial charge in [0.25, 0.3) is 0 Å². The van der Waals surface area contributed by atoms with Gasteiger partial charge < -0.3 is 0 Å². The van der Waals surface area contributed by atoms with Gasteiger partial charge in [0, 0.05) is 11.1 Å². The van der Waals surface area contributed by atoms with E-state index in [1.54, 1.807) is 0 Å². The summed E-state index contributed by atoms with van der Waals surface area (Å²) in [5.74, 6) is 6.42. The van der Waals surface area contributed by atoms with E-state index in [0.29, 0.717) is 0 Å². The van der Waals surface area contributed by atoms with Crippen molar-refractivity contribution in [2.24, 2.45) is 11.8 Å². The molecule has 1 unspecified atom stereocenters. The van der Waals surface area contributed by atoms with Crippen LogP contribution >= 0.6 is 11.6 Å². The normalized spacial score (nSPS) is 17.8. The Morgan fingerprint density at radius 3 is 2.80 bits per heavy atom. The summed E-state index contributed by atoms with van der Waals surface area (Å²) in [4.78, 5) is 0. The van der Waals surface area contributed by atoms with Crippen LogP contribution in [0.2, 0.25) is 5.02 Å². The van der Waals surface area contributed by atoms with Gasteiger partial charge in [0.15, 0.2) is 0 Å². The number of hydrogen-bond acceptors (Lipinski definition) is 2. The van der Waals surface area contributed by atoms with Gasteiger partial charge in [0.1, 0.15) is 0 Å². The van der Waals surface area contributed by atoms with Gasteiger partial charge in [-0.2, -0.15) is 0 Å². The van der Waals surface area contributed by atoms with Crippen LogP contribution in [0.25, 0.3) is 0 Å². The molecule has 0 heterocycles. The van der Waals surface area contributed by atoms with E-state index in [-0.39, 0.29) is 6.04 Å². The monoisotopic (exact) mass is 224 g/mol. The van der Waals surface area contributed by atoms with Gasteiger partial charge in [-0.05, 0) is 36.5 Å². The van der Waals surface area contributed by atoms with Crippen LogP contribution in [0, 0.1) is 12.8 Å². The van der Waals surface area contributed by atoms with Crippen LogP contribution in [-0.2, 0) is 0 Å². The van der Waals surface area contributed by atoms with E-state index in [1.807, 2.05) is 13.0 Å². The highest BCUT2D eigenvalue weighted by molar-refractivity contribution is 6.31. The lowest BCUT2D eigenvalue weighted by Gasteiger charge is -2.17. The zero-order valence-corrected chi connectivity index (χ0v) is 9.72. The molecule has 1 aromatic rings. The van der Waals surface area contributed by atoms with E-state index in [0.717, 1.165) is 22.9 Å². The zero-order chi connectivity index (χ0) is 10.8. The van der Waals surface area contributed by atoms with Crippen molar-refractivity contribution in [1.29, 1.82) is 0 Å². The van der Waals surface area contributed by atoms with Crippen molar-refractivity contribution in [2.45, 2.75) is 32.2 Å². The first-order chi connectivity index (χ1) is 7.20. The highest BCUT2D eigenvalue weighted by Crippen LogP contribution is 2.38. The Labute approximate surface area is 95.8 Å².